The monoisotopic (exact) mass is 475 g/mol. The van der Waals surface area contributed by atoms with Gasteiger partial charge in [0.05, 0.1) is 0 Å². The molecule has 0 aliphatic heterocycles. The Labute approximate surface area is 212 Å². The molecule has 2 heterocycles. The molecule has 0 spiro atoms. The average Bonchev–Trinajstić information content (AvgIpc) is 3.51. The third-order valence-electron chi connectivity index (χ3n) is 7.42. The van der Waals surface area contributed by atoms with E-state index in [4.69, 9.17) is 0 Å². The van der Waals surface area contributed by atoms with Crippen LogP contribution in [-0.2, 0) is 0 Å². The van der Waals surface area contributed by atoms with Crippen LogP contribution in [0.5, 0.6) is 0 Å². The maximum atomic E-state index is 3.68. The largest absolute Gasteiger partial charge is 0.354 e. The molecule has 0 fully saturated rings. The second-order valence-electron chi connectivity index (χ2n) is 9.42. The van der Waals surface area contributed by atoms with Crippen molar-refractivity contribution in [1.82, 2.24) is 4.98 Å². The number of nitrogens with one attached hydrogen (secondary N) is 1. The van der Waals surface area contributed by atoms with E-state index in [-0.39, 0.29) is 0 Å². The van der Waals surface area contributed by atoms with Crippen LogP contribution in [0.1, 0.15) is 0 Å². The van der Waals surface area contributed by atoms with Gasteiger partial charge in [0.25, 0.3) is 0 Å². The van der Waals surface area contributed by atoms with E-state index in [2.05, 4.69) is 126 Å². The summed E-state index contributed by atoms with van der Waals surface area (Å²) in [5, 5.41) is 7.79. The Morgan fingerprint density at radius 1 is 0.472 bits per heavy atom. The number of H-pyrrole nitrogens is 1. The van der Waals surface area contributed by atoms with Crippen molar-refractivity contribution >= 4 is 64.1 Å². The van der Waals surface area contributed by atoms with Gasteiger partial charge in [-0.15, -0.1) is 11.3 Å². The predicted octanol–water partition coefficient (Wildman–Crippen LogP) is 10.2. The van der Waals surface area contributed by atoms with Crippen molar-refractivity contribution in [2.24, 2.45) is 0 Å². The number of rotatable bonds is 2. The maximum absolute atomic E-state index is 3.68. The number of benzene rings is 6. The van der Waals surface area contributed by atoms with Crippen molar-refractivity contribution in [3.8, 4) is 22.3 Å². The molecular formula is C34H21NS. The Kier molecular flexibility index (Phi) is 4.16. The van der Waals surface area contributed by atoms with Gasteiger partial charge >= 0.3 is 0 Å². The van der Waals surface area contributed by atoms with Gasteiger partial charge in [0.15, 0.2) is 0 Å². The molecule has 0 unspecified atom stereocenters. The van der Waals surface area contributed by atoms with Gasteiger partial charge in [0.2, 0.25) is 0 Å². The van der Waals surface area contributed by atoms with Crippen LogP contribution in [0.25, 0.3) is 75.0 Å². The minimum absolute atomic E-state index is 1.17. The van der Waals surface area contributed by atoms with Crippen molar-refractivity contribution in [2.45, 2.75) is 0 Å². The highest BCUT2D eigenvalue weighted by molar-refractivity contribution is 7.26. The number of aromatic nitrogens is 1. The van der Waals surface area contributed by atoms with Crippen LogP contribution < -0.4 is 0 Å². The molecule has 1 nitrogen and oxygen atoms in total. The highest BCUT2D eigenvalue weighted by Gasteiger charge is 2.16. The van der Waals surface area contributed by atoms with Crippen molar-refractivity contribution < 1.29 is 0 Å². The minimum atomic E-state index is 1.17. The minimum Gasteiger partial charge on any atom is -0.354 e. The Bertz CT molecular complexity index is 2100. The summed E-state index contributed by atoms with van der Waals surface area (Å²) < 4.78 is 2.69. The van der Waals surface area contributed by atoms with E-state index in [0.29, 0.717) is 0 Å². The summed E-state index contributed by atoms with van der Waals surface area (Å²) in [5.74, 6) is 0. The maximum Gasteiger partial charge on any atom is 0.0471 e. The molecule has 2 heteroatoms. The molecule has 2 aromatic heterocycles. The molecule has 168 valence electrons. The summed E-state index contributed by atoms with van der Waals surface area (Å²) in [6, 6.07) is 44.2. The van der Waals surface area contributed by atoms with E-state index in [1.54, 1.807) is 0 Å². The lowest BCUT2D eigenvalue weighted by Crippen LogP contribution is -1.83. The SMILES string of the molecule is c1ccc2c(-c3ccc4[nH]c5cccc(-c6cccc7c6sc6ccccc67)c5c4c3)cccc2c1. The van der Waals surface area contributed by atoms with Crippen LogP contribution in [0.15, 0.2) is 121 Å². The molecule has 0 bridgehead atoms. The average molecular weight is 476 g/mol. The fourth-order valence-corrected chi connectivity index (χ4v) is 7.01. The first-order valence-electron chi connectivity index (χ1n) is 12.3. The second kappa shape index (κ2) is 7.55. The third kappa shape index (κ3) is 2.82. The summed E-state index contributed by atoms with van der Waals surface area (Å²) in [6.45, 7) is 0. The molecule has 0 atom stereocenters. The van der Waals surface area contributed by atoms with Crippen molar-refractivity contribution in [1.29, 1.82) is 0 Å². The van der Waals surface area contributed by atoms with Crippen LogP contribution in [0.3, 0.4) is 0 Å². The highest BCUT2D eigenvalue weighted by Crippen LogP contribution is 2.43. The van der Waals surface area contributed by atoms with Crippen LogP contribution in [-0.4, -0.2) is 4.98 Å². The number of hydrogen-bond donors (Lipinski definition) is 1. The van der Waals surface area contributed by atoms with Crippen molar-refractivity contribution in [3.63, 3.8) is 0 Å². The zero-order valence-electron chi connectivity index (χ0n) is 19.5. The smallest absolute Gasteiger partial charge is 0.0471 e. The molecule has 0 aliphatic rings. The Morgan fingerprint density at radius 2 is 1.19 bits per heavy atom. The summed E-state index contributed by atoms with van der Waals surface area (Å²) in [4.78, 5) is 3.68. The normalized spacial score (nSPS) is 11.9. The molecular weight excluding hydrogens is 454 g/mol. The van der Waals surface area contributed by atoms with Gasteiger partial charge in [0.1, 0.15) is 0 Å². The van der Waals surface area contributed by atoms with E-state index in [1.807, 2.05) is 11.3 Å². The quantitative estimate of drug-likeness (QED) is 0.256. The summed E-state index contributed by atoms with van der Waals surface area (Å²) in [6.07, 6.45) is 0. The summed E-state index contributed by atoms with van der Waals surface area (Å²) in [7, 11) is 0. The molecule has 0 saturated heterocycles. The lowest BCUT2D eigenvalue weighted by atomic mass is 9.95. The summed E-state index contributed by atoms with van der Waals surface area (Å²) in [5.41, 5.74) is 7.45. The van der Waals surface area contributed by atoms with Gasteiger partial charge in [-0.25, -0.2) is 0 Å². The molecule has 0 saturated carbocycles. The van der Waals surface area contributed by atoms with Crippen molar-refractivity contribution in [3.05, 3.63) is 121 Å². The highest BCUT2D eigenvalue weighted by atomic mass is 32.1. The summed E-state index contributed by atoms with van der Waals surface area (Å²) >= 11 is 1.89. The third-order valence-corrected chi connectivity index (χ3v) is 8.64. The molecule has 8 rings (SSSR count). The Morgan fingerprint density at radius 3 is 2.17 bits per heavy atom. The number of aromatic amines is 1. The number of thiophene rings is 1. The molecule has 36 heavy (non-hydrogen) atoms. The lowest BCUT2D eigenvalue weighted by Gasteiger charge is -2.09. The van der Waals surface area contributed by atoms with Crippen LogP contribution >= 0.6 is 11.3 Å². The van der Waals surface area contributed by atoms with Gasteiger partial charge < -0.3 is 4.98 Å². The second-order valence-corrected chi connectivity index (χ2v) is 10.5. The van der Waals surface area contributed by atoms with Gasteiger partial charge in [-0.2, -0.15) is 0 Å². The standard InChI is InChI=1S/C34H21NS/c1-2-10-23-21(8-1)9-5-12-24(23)22-18-19-30-29(20-22)33-26(13-7-16-31(33)35-30)28-15-6-14-27-25-11-3-4-17-32(25)36-34(27)28/h1-20,35H. The zero-order valence-corrected chi connectivity index (χ0v) is 20.3. The first-order valence-corrected chi connectivity index (χ1v) is 13.1. The van der Waals surface area contributed by atoms with E-state index >= 15 is 0 Å². The van der Waals surface area contributed by atoms with Gasteiger partial charge in [0, 0.05) is 47.5 Å². The lowest BCUT2D eigenvalue weighted by molar-refractivity contribution is 1.54. The Balaban J connectivity index is 1.43. The van der Waals surface area contributed by atoms with E-state index in [1.165, 1.54) is 75.0 Å². The van der Waals surface area contributed by atoms with Gasteiger partial charge in [-0.3, -0.25) is 0 Å². The molecule has 0 radical (unpaired) electrons. The fourth-order valence-electron chi connectivity index (χ4n) is 5.78. The topological polar surface area (TPSA) is 15.8 Å². The van der Waals surface area contributed by atoms with E-state index in [9.17, 15) is 0 Å². The molecule has 0 aliphatic carbocycles. The predicted molar refractivity (Wildman–Crippen MR) is 157 cm³/mol. The van der Waals surface area contributed by atoms with Crippen LogP contribution in [0.2, 0.25) is 0 Å². The Hall–Kier alpha value is -4.40. The first kappa shape index (κ1) is 19.9. The zero-order chi connectivity index (χ0) is 23.6. The van der Waals surface area contributed by atoms with Gasteiger partial charge in [-0.1, -0.05) is 97.1 Å². The van der Waals surface area contributed by atoms with Crippen LogP contribution in [0, 0.1) is 0 Å². The van der Waals surface area contributed by atoms with E-state index in [0.717, 1.165) is 0 Å². The number of fused-ring (bicyclic) bond motifs is 7. The van der Waals surface area contributed by atoms with Gasteiger partial charge in [-0.05, 0) is 51.7 Å². The molecule has 0 amide bonds. The fraction of sp³-hybridized carbons (Fsp3) is 0. The van der Waals surface area contributed by atoms with Crippen molar-refractivity contribution in [2.75, 3.05) is 0 Å². The molecule has 8 aromatic rings. The first-order chi connectivity index (χ1) is 17.8. The molecule has 6 aromatic carbocycles. The number of hydrogen-bond acceptors (Lipinski definition) is 1. The van der Waals surface area contributed by atoms with E-state index < -0.39 is 0 Å². The van der Waals surface area contributed by atoms with Crippen LogP contribution in [0.4, 0.5) is 0 Å². The molecule has 1 N–H and O–H groups in total.